The second-order valence-electron chi connectivity index (χ2n) is 8.26. The Bertz CT molecular complexity index is 868. The predicted molar refractivity (Wildman–Crippen MR) is 119 cm³/mol. The third-order valence-electron chi connectivity index (χ3n) is 6.38. The van der Waals surface area contributed by atoms with Crippen molar-refractivity contribution in [1.29, 1.82) is 0 Å². The van der Waals surface area contributed by atoms with E-state index in [1.165, 1.54) is 19.3 Å². The summed E-state index contributed by atoms with van der Waals surface area (Å²) in [5.74, 6) is 2.74. The van der Waals surface area contributed by atoms with Gasteiger partial charge in [-0.15, -0.1) is 0 Å². The smallest absolute Gasteiger partial charge is 0.241 e. The number of methoxy groups -OCH3 is 3. The Labute approximate surface area is 189 Å². The van der Waals surface area contributed by atoms with Crippen LogP contribution in [0.5, 0.6) is 17.2 Å². The number of aromatic nitrogens is 2. The maximum Gasteiger partial charge on any atom is 0.241 e. The molecule has 0 spiro atoms. The summed E-state index contributed by atoms with van der Waals surface area (Å²) < 4.78 is 27.5. The maximum absolute atomic E-state index is 5.64. The van der Waals surface area contributed by atoms with Crippen LogP contribution in [-0.4, -0.2) is 86.7 Å². The molecule has 0 unspecified atom stereocenters. The lowest BCUT2D eigenvalue weighted by Crippen LogP contribution is -2.43. The molecule has 1 aromatic heterocycles. The first kappa shape index (κ1) is 22.8. The second-order valence-corrected chi connectivity index (χ2v) is 8.26. The van der Waals surface area contributed by atoms with Crippen molar-refractivity contribution >= 4 is 0 Å². The lowest BCUT2D eigenvalue weighted by molar-refractivity contribution is 0.0294. The van der Waals surface area contributed by atoms with E-state index in [0.717, 1.165) is 45.8 Å². The van der Waals surface area contributed by atoms with Crippen molar-refractivity contribution in [1.82, 2.24) is 19.9 Å². The van der Waals surface area contributed by atoms with Crippen molar-refractivity contribution in [2.75, 3.05) is 60.7 Å². The third-order valence-corrected chi connectivity index (χ3v) is 6.38. The van der Waals surface area contributed by atoms with Crippen molar-refractivity contribution in [2.24, 2.45) is 0 Å². The molecule has 0 aliphatic carbocycles. The minimum atomic E-state index is 0.486. The highest BCUT2D eigenvalue weighted by atomic mass is 16.5. The quantitative estimate of drug-likeness (QED) is 0.577. The van der Waals surface area contributed by atoms with Gasteiger partial charge in [0.05, 0.1) is 46.7 Å². The van der Waals surface area contributed by atoms with E-state index in [1.54, 1.807) is 21.3 Å². The van der Waals surface area contributed by atoms with Crippen LogP contribution in [0.1, 0.15) is 31.6 Å². The normalized spacial score (nSPS) is 20.3. The van der Waals surface area contributed by atoms with E-state index in [9.17, 15) is 0 Å². The van der Waals surface area contributed by atoms with Gasteiger partial charge in [-0.1, -0.05) is 11.6 Å². The van der Waals surface area contributed by atoms with Gasteiger partial charge in [-0.2, -0.15) is 4.98 Å². The molecule has 9 nitrogen and oxygen atoms in total. The van der Waals surface area contributed by atoms with Crippen molar-refractivity contribution in [3.63, 3.8) is 0 Å². The average Bonchev–Trinajstić information content (AvgIpc) is 3.31. The van der Waals surface area contributed by atoms with Gasteiger partial charge in [0.2, 0.25) is 17.5 Å². The first-order valence-corrected chi connectivity index (χ1v) is 11.4. The van der Waals surface area contributed by atoms with Gasteiger partial charge in [-0.05, 0) is 44.5 Å². The maximum atomic E-state index is 5.64. The highest BCUT2D eigenvalue weighted by Gasteiger charge is 2.26. The molecule has 2 fully saturated rings. The molecule has 4 rings (SSSR count). The average molecular weight is 447 g/mol. The molecule has 0 amide bonds. The first-order valence-electron chi connectivity index (χ1n) is 11.4. The fourth-order valence-electron chi connectivity index (χ4n) is 4.63. The zero-order chi connectivity index (χ0) is 22.3. The summed E-state index contributed by atoms with van der Waals surface area (Å²) in [6, 6.07) is 4.22. The minimum Gasteiger partial charge on any atom is -0.493 e. The Balaban J connectivity index is 1.45. The number of morpholine rings is 1. The number of nitrogens with zero attached hydrogens (tertiary/aromatic N) is 4. The Morgan fingerprint density at radius 1 is 1.00 bits per heavy atom. The molecule has 0 radical (unpaired) electrons. The summed E-state index contributed by atoms with van der Waals surface area (Å²) in [6.07, 6.45) is 4.86. The summed E-state index contributed by atoms with van der Waals surface area (Å²) in [7, 11) is 4.77. The van der Waals surface area contributed by atoms with Crippen LogP contribution in [0.15, 0.2) is 16.7 Å². The molecule has 32 heavy (non-hydrogen) atoms. The molecule has 2 aliphatic rings. The van der Waals surface area contributed by atoms with E-state index in [2.05, 4.69) is 19.9 Å². The SMILES string of the molecule is COc1ccc(-c2noc(CN3CCCC[C@H]3CCN3CCOCC3)n2)c(OC)c1OC. The number of hydrogen-bond acceptors (Lipinski definition) is 9. The number of hydrogen-bond donors (Lipinski definition) is 0. The monoisotopic (exact) mass is 446 g/mol. The zero-order valence-corrected chi connectivity index (χ0v) is 19.3. The topological polar surface area (TPSA) is 82.3 Å². The highest BCUT2D eigenvalue weighted by Crippen LogP contribution is 2.43. The van der Waals surface area contributed by atoms with Gasteiger partial charge in [0, 0.05) is 19.1 Å². The lowest BCUT2D eigenvalue weighted by Gasteiger charge is -2.36. The van der Waals surface area contributed by atoms with Crippen LogP contribution in [0.25, 0.3) is 11.4 Å². The zero-order valence-electron chi connectivity index (χ0n) is 19.3. The van der Waals surface area contributed by atoms with Crippen LogP contribution in [0, 0.1) is 0 Å². The van der Waals surface area contributed by atoms with Crippen LogP contribution in [0.3, 0.4) is 0 Å². The molecule has 9 heteroatoms. The van der Waals surface area contributed by atoms with Crippen molar-refractivity contribution in [3.8, 4) is 28.6 Å². The Hall–Kier alpha value is -2.36. The molecule has 0 saturated carbocycles. The van der Waals surface area contributed by atoms with Gasteiger partial charge in [-0.3, -0.25) is 9.80 Å². The number of ether oxygens (including phenoxy) is 4. The van der Waals surface area contributed by atoms with Gasteiger partial charge < -0.3 is 23.5 Å². The lowest BCUT2D eigenvalue weighted by atomic mass is 9.99. The molecular weight excluding hydrogens is 412 g/mol. The highest BCUT2D eigenvalue weighted by molar-refractivity contribution is 5.71. The largest absolute Gasteiger partial charge is 0.493 e. The Kier molecular flexibility index (Phi) is 7.83. The minimum absolute atomic E-state index is 0.486. The predicted octanol–water partition coefficient (Wildman–Crippen LogP) is 2.84. The van der Waals surface area contributed by atoms with E-state index >= 15 is 0 Å². The summed E-state index contributed by atoms with van der Waals surface area (Å²) in [6.45, 7) is 6.60. The summed E-state index contributed by atoms with van der Waals surface area (Å²) in [5, 5.41) is 4.22. The van der Waals surface area contributed by atoms with Crippen molar-refractivity contribution < 1.29 is 23.5 Å². The van der Waals surface area contributed by atoms with Crippen LogP contribution in [-0.2, 0) is 11.3 Å². The van der Waals surface area contributed by atoms with E-state index in [0.29, 0.717) is 47.1 Å². The van der Waals surface area contributed by atoms with Crippen LogP contribution in [0.2, 0.25) is 0 Å². The molecule has 0 N–H and O–H groups in total. The summed E-state index contributed by atoms with van der Waals surface area (Å²) in [4.78, 5) is 9.67. The molecule has 3 heterocycles. The molecular formula is C23H34N4O5. The Morgan fingerprint density at radius 2 is 1.81 bits per heavy atom. The number of likely N-dealkylation sites (tertiary alicyclic amines) is 1. The van der Waals surface area contributed by atoms with E-state index in [1.807, 2.05) is 12.1 Å². The first-order chi connectivity index (χ1) is 15.7. The summed E-state index contributed by atoms with van der Waals surface area (Å²) in [5.41, 5.74) is 0.711. The molecule has 1 aromatic carbocycles. The van der Waals surface area contributed by atoms with Crippen LogP contribution < -0.4 is 14.2 Å². The number of benzene rings is 1. The fourth-order valence-corrected chi connectivity index (χ4v) is 4.63. The molecule has 176 valence electrons. The molecule has 2 aromatic rings. The van der Waals surface area contributed by atoms with E-state index in [4.69, 9.17) is 23.5 Å². The van der Waals surface area contributed by atoms with Crippen molar-refractivity contribution in [2.45, 2.75) is 38.3 Å². The third kappa shape index (κ3) is 5.16. The van der Waals surface area contributed by atoms with Gasteiger partial charge in [0.1, 0.15) is 0 Å². The number of piperidine rings is 1. The van der Waals surface area contributed by atoms with Gasteiger partial charge >= 0.3 is 0 Å². The molecule has 0 bridgehead atoms. The van der Waals surface area contributed by atoms with Crippen LogP contribution in [0.4, 0.5) is 0 Å². The van der Waals surface area contributed by atoms with Crippen LogP contribution >= 0.6 is 0 Å². The van der Waals surface area contributed by atoms with Gasteiger partial charge in [0.15, 0.2) is 11.5 Å². The van der Waals surface area contributed by atoms with Gasteiger partial charge in [0.25, 0.3) is 0 Å². The van der Waals surface area contributed by atoms with Crippen molar-refractivity contribution in [3.05, 3.63) is 18.0 Å². The molecule has 2 aliphatic heterocycles. The van der Waals surface area contributed by atoms with E-state index < -0.39 is 0 Å². The van der Waals surface area contributed by atoms with Gasteiger partial charge in [-0.25, -0.2) is 0 Å². The molecule has 1 atom stereocenters. The van der Waals surface area contributed by atoms with E-state index in [-0.39, 0.29) is 0 Å². The fraction of sp³-hybridized carbons (Fsp3) is 0.652. The standard InChI is InChI=1S/C23H34N4O5/c1-28-19-8-7-18(21(29-2)22(19)30-3)23-24-20(32-25-23)16-27-10-5-4-6-17(27)9-11-26-12-14-31-15-13-26/h7-8,17H,4-6,9-16H2,1-3H3/t17-/m0/s1. The summed E-state index contributed by atoms with van der Waals surface area (Å²) >= 11 is 0. The second kappa shape index (κ2) is 11.0. The Morgan fingerprint density at radius 3 is 2.56 bits per heavy atom. The molecule has 2 saturated heterocycles. The number of rotatable bonds is 9.